The second-order valence-electron chi connectivity index (χ2n) is 5.79. The molecule has 2 N–H and O–H groups in total. The Balaban J connectivity index is 1.58. The second-order valence-corrected chi connectivity index (χ2v) is 5.79. The van der Waals surface area contributed by atoms with Gasteiger partial charge in [0.25, 0.3) is 0 Å². The summed E-state index contributed by atoms with van der Waals surface area (Å²) < 4.78 is 1.82. The summed E-state index contributed by atoms with van der Waals surface area (Å²) in [7, 11) is 0. The van der Waals surface area contributed by atoms with E-state index >= 15 is 0 Å². The van der Waals surface area contributed by atoms with E-state index in [1.807, 2.05) is 22.9 Å². The van der Waals surface area contributed by atoms with Crippen LogP contribution in [0.4, 0.5) is 4.79 Å². The average Bonchev–Trinajstić information content (AvgIpc) is 3.14. The van der Waals surface area contributed by atoms with Crippen molar-refractivity contribution in [2.24, 2.45) is 5.92 Å². The number of amides is 2. The van der Waals surface area contributed by atoms with Crippen molar-refractivity contribution in [2.45, 2.75) is 19.4 Å². The van der Waals surface area contributed by atoms with Gasteiger partial charge in [-0.25, -0.2) is 14.8 Å². The molecule has 122 valence electrons. The van der Waals surface area contributed by atoms with Gasteiger partial charge in [0.2, 0.25) is 0 Å². The molecule has 2 amide bonds. The SMILES string of the molecule is O=C(NCc1ccnc(-n2ccnc2)c1)N1CCCC(CO)C1. The first-order valence-electron chi connectivity index (χ1n) is 7.83. The number of likely N-dealkylation sites (tertiary alicyclic amines) is 1. The topological polar surface area (TPSA) is 83.3 Å². The molecule has 0 aromatic carbocycles. The van der Waals surface area contributed by atoms with E-state index in [0.717, 1.165) is 30.8 Å². The summed E-state index contributed by atoms with van der Waals surface area (Å²) in [5.74, 6) is 0.968. The molecule has 1 fully saturated rings. The highest BCUT2D eigenvalue weighted by atomic mass is 16.3. The molecule has 0 saturated carbocycles. The summed E-state index contributed by atoms with van der Waals surface area (Å²) in [5, 5.41) is 12.2. The van der Waals surface area contributed by atoms with E-state index in [-0.39, 0.29) is 18.6 Å². The van der Waals surface area contributed by atoms with Crippen LogP contribution in [0.2, 0.25) is 0 Å². The molecule has 1 atom stereocenters. The molecule has 0 bridgehead atoms. The Bertz CT molecular complexity index is 644. The Morgan fingerprint density at radius 2 is 2.35 bits per heavy atom. The summed E-state index contributed by atoms with van der Waals surface area (Å²) in [6.45, 7) is 1.96. The fourth-order valence-electron chi connectivity index (χ4n) is 2.79. The van der Waals surface area contributed by atoms with Crippen molar-refractivity contribution in [3.63, 3.8) is 0 Å². The number of urea groups is 1. The number of hydrogen-bond acceptors (Lipinski definition) is 4. The molecule has 1 aliphatic rings. The van der Waals surface area contributed by atoms with Gasteiger partial charge in [-0.2, -0.15) is 0 Å². The van der Waals surface area contributed by atoms with Crippen LogP contribution in [0.15, 0.2) is 37.1 Å². The Morgan fingerprint density at radius 3 is 3.13 bits per heavy atom. The summed E-state index contributed by atoms with van der Waals surface area (Å²) in [4.78, 5) is 22.3. The van der Waals surface area contributed by atoms with Crippen LogP contribution in [0.1, 0.15) is 18.4 Å². The van der Waals surface area contributed by atoms with E-state index in [0.29, 0.717) is 13.1 Å². The third-order valence-electron chi connectivity index (χ3n) is 4.09. The van der Waals surface area contributed by atoms with Gasteiger partial charge in [0.1, 0.15) is 12.1 Å². The van der Waals surface area contributed by atoms with Gasteiger partial charge in [0.05, 0.1) is 0 Å². The van der Waals surface area contributed by atoms with Crippen molar-refractivity contribution < 1.29 is 9.90 Å². The van der Waals surface area contributed by atoms with Gasteiger partial charge in [-0.3, -0.25) is 4.57 Å². The Kier molecular flexibility index (Phi) is 4.87. The van der Waals surface area contributed by atoms with Crippen molar-refractivity contribution in [3.05, 3.63) is 42.6 Å². The third kappa shape index (κ3) is 3.87. The molecule has 2 aromatic rings. The van der Waals surface area contributed by atoms with Crippen LogP contribution in [0.3, 0.4) is 0 Å². The fourth-order valence-corrected chi connectivity index (χ4v) is 2.79. The molecule has 3 heterocycles. The Labute approximate surface area is 135 Å². The van der Waals surface area contributed by atoms with E-state index < -0.39 is 0 Å². The van der Waals surface area contributed by atoms with Gasteiger partial charge >= 0.3 is 6.03 Å². The summed E-state index contributed by atoms with van der Waals surface area (Å²) in [5.41, 5.74) is 0.979. The average molecular weight is 315 g/mol. The first-order chi connectivity index (χ1) is 11.3. The highest BCUT2D eigenvalue weighted by Gasteiger charge is 2.22. The molecule has 7 nitrogen and oxygen atoms in total. The number of rotatable bonds is 4. The molecule has 1 unspecified atom stereocenters. The molecule has 3 rings (SSSR count). The van der Waals surface area contributed by atoms with Gasteiger partial charge in [0, 0.05) is 44.8 Å². The number of hydrogen-bond donors (Lipinski definition) is 2. The monoisotopic (exact) mass is 315 g/mol. The van der Waals surface area contributed by atoms with E-state index in [1.54, 1.807) is 23.6 Å². The molecule has 23 heavy (non-hydrogen) atoms. The highest BCUT2D eigenvalue weighted by Crippen LogP contribution is 2.15. The zero-order valence-corrected chi connectivity index (χ0v) is 12.9. The molecule has 1 aliphatic heterocycles. The molecular weight excluding hydrogens is 294 g/mol. The van der Waals surface area contributed by atoms with Crippen LogP contribution >= 0.6 is 0 Å². The van der Waals surface area contributed by atoms with Crippen molar-refractivity contribution in [2.75, 3.05) is 19.7 Å². The predicted molar refractivity (Wildman–Crippen MR) is 85.0 cm³/mol. The number of piperidine rings is 1. The number of nitrogens with one attached hydrogen (secondary N) is 1. The maximum Gasteiger partial charge on any atom is 0.317 e. The lowest BCUT2D eigenvalue weighted by Gasteiger charge is -2.31. The molecule has 0 spiro atoms. The smallest absolute Gasteiger partial charge is 0.317 e. The number of nitrogens with zero attached hydrogens (tertiary/aromatic N) is 4. The predicted octanol–water partition coefficient (Wildman–Crippen LogP) is 1.18. The van der Waals surface area contributed by atoms with E-state index in [9.17, 15) is 9.90 Å². The number of carbonyl (C=O) groups is 1. The minimum Gasteiger partial charge on any atom is -0.396 e. The lowest BCUT2D eigenvalue weighted by molar-refractivity contribution is 0.129. The van der Waals surface area contributed by atoms with Crippen molar-refractivity contribution in [1.29, 1.82) is 0 Å². The fraction of sp³-hybridized carbons (Fsp3) is 0.438. The van der Waals surface area contributed by atoms with Crippen LogP contribution in [-0.4, -0.2) is 50.3 Å². The van der Waals surface area contributed by atoms with Crippen LogP contribution < -0.4 is 5.32 Å². The normalized spacial score (nSPS) is 18.0. The van der Waals surface area contributed by atoms with E-state index in [1.165, 1.54) is 0 Å². The first kappa shape index (κ1) is 15.5. The third-order valence-corrected chi connectivity index (χ3v) is 4.09. The molecular formula is C16H21N5O2. The number of pyridine rings is 1. The van der Waals surface area contributed by atoms with E-state index in [2.05, 4.69) is 15.3 Å². The standard InChI is InChI=1S/C16H21N5O2/c22-11-14-2-1-6-20(10-14)16(23)19-9-13-3-4-18-15(8-13)21-7-5-17-12-21/h3-5,7-8,12,14,22H,1-2,6,9-11H2,(H,19,23). The van der Waals surface area contributed by atoms with Crippen molar-refractivity contribution >= 4 is 6.03 Å². The van der Waals surface area contributed by atoms with Crippen LogP contribution in [0, 0.1) is 5.92 Å². The van der Waals surface area contributed by atoms with Crippen LogP contribution in [0.25, 0.3) is 5.82 Å². The minimum atomic E-state index is -0.0795. The van der Waals surface area contributed by atoms with Gasteiger partial charge < -0.3 is 15.3 Å². The molecule has 1 saturated heterocycles. The molecule has 7 heteroatoms. The number of imidazole rings is 1. The lowest BCUT2D eigenvalue weighted by Crippen LogP contribution is -2.45. The first-order valence-corrected chi connectivity index (χ1v) is 7.83. The summed E-state index contributed by atoms with van der Waals surface area (Å²) >= 11 is 0. The number of aliphatic hydroxyl groups excluding tert-OH is 1. The zero-order chi connectivity index (χ0) is 16.1. The maximum absolute atomic E-state index is 12.2. The Hall–Kier alpha value is -2.41. The van der Waals surface area contributed by atoms with E-state index in [4.69, 9.17) is 0 Å². The summed E-state index contributed by atoms with van der Waals surface area (Å²) in [6.07, 6.45) is 8.86. The molecule has 2 aromatic heterocycles. The lowest BCUT2D eigenvalue weighted by atomic mass is 9.99. The van der Waals surface area contributed by atoms with Crippen LogP contribution in [0.5, 0.6) is 0 Å². The maximum atomic E-state index is 12.2. The second kappa shape index (κ2) is 7.23. The summed E-state index contributed by atoms with van der Waals surface area (Å²) in [6, 6.07) is 3.73. The van der Waals surface area contributed by atoms with Crippen molar-refractivity contribution in [3.8, 4) is 5.82 Å². The van der Waals surface area contributed by atoms with Crippen LogP contribution in [-0.2, 0) is 6.54 Å². The van der Waals surface area contributed by atoms with Gasteiger partial charge in [-0.1, -0.05) is 0 Å². The Morgan fingerprint density at radius 1 is 1.43 bits per heavy atom. The number of aliphatic hydroxyl groups is 1. The quantitative estimate of drug-likeness (QED) is 0.887. The molecule has 0 radical (unpaired) electrons. The van der Waals surface area contributed by atoms with Gasteiger partial charge in [-0.15, -0.1) is 0 Å². The van der Waals surface area contributed by atoms with Gasteiger partial charge in [0.15, 0.2) is 0 Å². The zero-order valence-electron chi connectivity index (χ0n) is 12.9. The number of aromatic nitrogens is 3. The molecule has 0 aliphatic carbocycles. The number of carbonyl (C=O) groups excluding carboxylic acids is 1. The van der Waals surface area contributed by atoms with Crippen molar-refractivity contribution in [1.82, 2.24) is 24.8 Å². The van der Waals surface area contributed by atoms with Gasteiger partial charge in [-0.05, 0) is 36.5 Å². The largest absolute Gasteiger partial charge is 0.396 e. The highest BCUT2D eigenvalue weighted by molar-refractivity contribution is 5.74. The minimum absolute atomic E-state index is 0.0795.